The zero-order chi connectivity index (χ0) is 18.9. The summed E-state index contributed by atoms with van der Waals surface area (Å²) in [5.41, 5.74) is 3.74. The van der Waals surface area contributed by atoms with Crippen molar-refractivity contribution in [1.29, 1.82) is 0 Å². The first-order chi connectivity index (χ1) is 13.2. The van der Waals surface area contributed by atoms with E-state index in [4.69, 9.17) is 0 Å². The molecule has 3 rings (SSSR count). The fraction of sp³-hybridized carbons (Fsp3) is 0.250. The Morgan fingerprint density at radius 1 is 0.741 bits per heavy atom. The Morgan fingerprint density at radius 3 is 2.07 bits per heavy atom. The number of nitro benzene ring substituents is 1. The highest BCUT2D eigenvalue weighted by Crippen LogP contribution is 2.29. The summed E-state index contributed by atoms with van der Waals surface area (Å²) in [7, 11) is 0. The minimum atomic E-state index is -0.276. The topological polar surface area (TPSA) is 43.1 Å². The number of hydrogen-bond acceptors (Lipinski definition) is 2. The summed E-state index contributed by atoms with van der Waals surface area (Å²) in [4.78, 5) is 11.0. The van der Waals surface area contributed by atoms with Gasteiger partial charge in [0, 0.05) is 11.6 Å². The average Bonchev–Trinajstić information content (AvgIpc) is 2.72. The molecule has 0 spiro atoms. The molecule has 0 heterocycles. The SMILES string of the molecule is O=[N+]([O-])c1ccccc1CCC(CCCc1ccccc1)c1ccccc1. The molecule has 27 heavy (non-hydrogen) atoms. The second-order valence-corrected chi connectivity index (χ2v) is 6.91. The van der Waals surface area contributed by atoms with Gasteiger partial charge in [0.2, 0.25) is 0 Å². The summed E-state index contributed by atoms with van der Waals surface area (Å²) >= 11 is 0. The van der Waals surface area contributed by atoms with Crippen molar-refractivity contribution in [3.05, 3.63) is 112 Å². The van der Waals surface area contributed by atoms with Crippen LogP contribution >= 0.6 is 0 Å². The van der Waals surface area contributed by atoms with E-state index in [1.807, 2.05) is 24.3 Å². The number of benzene rings is 3. The van der Waals surface area contributed by atoms with Crippen molar-refractivity contribution in [2.45, 2.75) is 38.0 Å². The number of hydrogen-bond donors (Lipinski definition) is 0. The van der Waals surface area contributed by atoms with Gasteiger partial charge in [-0.1, -0.05) is 78.9 Å². The molecule has 3 heteroatoms. The summed E-state index contributed by atoms with van der Waals surface area (Å²) in [6, 6.07) is 28.2. The lowest BCUT2D eigenvalue weighted by atomic mass is 9.87. The largest absolute Gasteiger partial charge is 0.272 e. The van der Waals surface area contributed by atoms with Crippen LogP contribution in [-0.4, -0.2) is 4.92 Å². The van der Waals surface area contributed by atoms with E-state index < -0.39 is 0 Å². The fourth-order valence-corrected chi connectivity index (χ4v) is 3.63. The van der Waals surface area contributed by atoms with Crippen LogP contribution < -0.4 is 0 Å². The van der Waals surface area contributed by atoms with Gasteiger partial charge in [0.25, 0.3) is 5.69 Å². The molecule has 0 aliphatic rings. The van der Waals surface area contributed by atoms with Crippen molar-refractivity contribution in [2.75, 3.05) is 0 Å². The van der Waals surface area contributed by atoms with Crippen LogP contribution in [0.5, 0.6) is 0 Å². The number of nitrogens with zero attached hydrogens (tertiary/aromatic N) is 1. The molecule has 0 saturated carbocycles. The van der Waals surface area contributed by atoms with E-state index in [9.17, 15) is 10.1 Å². The Balaban J connectivity index is 1.66. The van der Waals surface area contributed by atoms with Gasteiger partial charge in [0.1, 0.15) is 0 Å². The molecule has 0 bridgehead atoms. The Kier molecular flexibility index (Phi) is 6.75. The normalized spacial score (nSPS) is 11.9. The van der Waals surface area contributed by atoms with Gasteiger partial charge in [0.05, 0.1) is 4.92 Å². The molecule has 0 aliphatic heterocycles. The van der Waals surface area contributed by atoms with Crippen molar-refractivity contribution in [3.63, 3.8) is 0 Å². The minimum Gasteiger partial charge on any atom is -0.258 e. The zero-order valence-corrected chi connectivity index (χ0v) is 15.5. The standard InChI is InChI=1S/C24H25NO2/c26-25(27)24-17-8-7-15-23(24)19-18-22(21-13-5-2-6-14-21)16-9-12-20-10-3-1-4-11-20/h1-8,10-11,13-15,17,22H,9,12,16,18-19H2. The van der Waals surface area contributed by atoms with Crippen LogP contribution in [0.1, 0.15) is 41.9 Å². The van der Waals surface area contributed by atoms with E-state index in [0.717, 1.165) is 37.7 Å². The molecule has 3 aromatic carbocycles. The number of rotatable bonds is 9. The second kappa shape index (κ2) is 9.67. The summed E-state index contributed by atoms with van der Waals surface area (Å²) in [6.07, 6.45) is 4.90. The maximum atomic E-state index is 11.3. The third kappa shape index (κ3) is 5.52. The Hall–Kier alpha value is -2.94. The maximum absolute atomic E-state index is 11.3. The first kappa shape index (κ1) is 18.8. The van der Waals surface area contributed by atoms with E-state index in [2.05, 4.69) is 48.5 Å². The van der Waals surface area contributed by atoms with E-state index in [1.54, 1.807) is 12.1 Å². The van der Waals surface area contributed by atoms with Crippen LogP contribution in [0.25, 0.3) is 0 Å². The quantitative estimate of drug-likeness (QED) is 0.331. The molecule has 0 aromatic heterocycles. The summed E-state index contributed by atoms with van der Waals surface area (Å²) in [5.74, 6) is 0.412. The first-order valence-corrected chi connectivity index (χ1v) is 9.55. The predicted octanol–water partition coefficient (Wildman–Crippen LogP) is 6.33. The monoisotopic (exact) mass is 359 g/mol. The van der Waals surface area contributed by atoms with Crippen LogP contribution in [0, 0.1) is 10.1 Å². The number of para-hydroxylation sites is 1. The highest BCUT2D eigenvalue weighted by Gasteiger charge is 2.16. The van der Waals surface area contributed by atoms with Gasteiger partial charge in [-0.3, -0.25) is 10.1 Å². The number of nitro groups is 1. The van der Waals surface area contributed by atoms with Crippen molar-refractivity contribution < 1.29 is 4.92 Å². The van der Waals surface area contributed by atoms with Crippen LogP contribution in [0.4, 0.5) is 5.69 Å². The van der Waals surface area contributed by atoms with E-state index in [0.29, 0.717) is 5.92 Å². The molecule has 3 aromatic rings. The Morgan fingerprint density at radius 2 is 1.37 bits per heavy atom. The van der Waals surface area contributed by atoms with E-state index in [1.165, 1.54) is 11.1 Å². The third-order valence-electron chi connectivity index (χ3n) is 5.08. The van der Waals surface area contributed by atoms with Crippen molar-refractivity contribution >= 4 is 5.69 Å². The summed E-state index contributed by atoms with van der Waals surface area (Å²) in [5, 5.41) is 11.3. The van der Waals surface area contributed by atoms with Crippen LogP contribution in [0.15, 0.2) is 84.9 Å². The molecule has 0 N–H and O–H groups in total. The molecule has 0 amide bonds. The smallest absolute Gasteiger partial charge is 0.258 e. The van der Waals surface area contributed by atoms with Crippen LogP contribution in [-0.2, 0) is 12.8 Å². The van der Waals surface area contributed by atoms with Gasteiger partial charge < -0.3 is 0 Å². The fourth-order valence-electron chi connectivity index (χ4n) is 3.63. The van der Waals surface area contributed by atoms with Gasteiger partial charge in [-0.2, -0.15) is 0 Å². The summed E-state index contributed by atoms with van der Waals surface area (Å²) < 4.78 is 0. The molecule has 0 fully saturated rings. The molecular weight excluding hydrogens is 334 g/mol. The molecule has 1 unspecified atom stereocenters. The van der Waals surface area contributed by atoms with Gasteiger partial charge in [-0.05, 0) is 49.1 Å². The molecule has 0 saturated heterocycles. The molecule has 3 nitrogen and oxygen atoms in total. The van der Waals surface area contributed by atoms with Crippen molar-refractivity contribution in [3.8, 4) is 0 Å². The Bertz CT molecular complexity index is 847. The highest BCUT2D eigenvalue weighted by atomic mass is 16.6. The second-order valence-electron chi connectivity index (χ2n) is 6.91. The van der Waals surface area contributed by atoms with Gasteiger partial charge in [-0.15, -0.1) is 0 Å². The lowest BCUT2D eigenvalue weighted by molar-refractivity contribution is -0.385. The average molecular weight is 359 g/mol. The van der Waals surface area contributed by atoms with Crippen molar-refractivity contribution in [1.82, 2.24) is 0 Å². The summed E-state index contributed by atoms with van der Waals surface area (Å²) in [6.45, 7) is 0. The Labute approximate surface area is 160 Å². The number of aryl methyl sites for hydroxylation is 2. The van der Waals surface area contributed by atoms with Gasteiger partial charge in [-0.25, -0.2) is 0 Å². The maximum Gasteiger partial charge on any atom is 0.272 e. The van der Waals surface area contributed by atoms with Gasteiger partial charge >= 0.3 is 0 Å². The molecule has 1 atom stereocenters. The van der Waals surface area contributed by atoms with E-state index in [-0.39, 0.29) is 10.6 Å². The minimum absolute atomic E-state index is 0.230. The zero-order valence-electron chi connectivity index (χ0n) is 15.5. The van der Waals surface area contributed by atoms with Crippen molar-refractivity contribution in [2.24, 2.45) is 0 Å². The van der Waals surface area contributed by atoms with E-state index >= 15 is 0 Å². The lowest BCUT2D eigenvalue weighted by Crippen LogP contribution is -2.04. The molecule has 138 valence electrons. The lowest BCUT2D eigenvalue weighted by Gasteiger charge is -2.18. The predicted molar refractivity (Wildman–Crippen MR) is 110 cm³/mol. The molecular formula is C24H25NO2. The van der Waals surface area contributed by atoms with Crippen LogP contribution in [0.2, 0.25) is 0 Å². The third-order valence-corrected chi connectivity index (χ3v) is 5.08. The molecule has 0 aliphatic carbocycles. The van der Waals surface area contributed by atoms with Gasteiger partial charge in [0.15, 0.2) is 0 Å². The highest BCUT2D eigenvalue weighted by molar-refractivity contribution is 5.40. The molecule has 0 radical (unpaired) electrons. The van der Waals surface area contributed by atoms with Crippen LogP contribution in [0.3, 0.4) is 0 Å². The first-order valence-electron chi connectivity index (χ1n) is 9.55.